The Balaban J connectivity index is 2.24. The van der Waals surface area contributed by atoms with Crippen molar-refractivity contribution >= 4 is 31.7 Å². The second-order valence-corrected chi connectivity index (χ2v) is 10.3. The summed E-state index contributed by atoms with van der Waals surface area (Å²) in [6, 6.07) is 12.3. The maximum absolute atomic E-state index is 13.2. The van der Waals surface area contributed by atoms with Crippen molar-refractivity contribution < 1.29 is 25.8 Å². The summed E-state index contributed by atoms with van der Waals surface area (Å²) in [5, 5.41) is 2.61. The first kappa shape index (κ1) is 23.8. The Kier molecular flexibility index (Phi) is 7.99. The molecule has 30 heavy (non-hydrogen) atoms. The normalized spacial score (nSPS) is 12.0. The molecule has 0 saturated carbocycles. The van der Waals surface area contributed by atoms with Crippen LogP contribution in [-0.2, 0) is 31.5 Å². The van der Waals surface area contributed by atoms with Gasteiger partial charge < -0.3 is 9.50 Å². The van der Waals surface area contributed by atoms with Crippen LogP contribution in [0.2, 0.25) is 0 Å². The molecule has 0 saturated heterocycles. The van der Waals surface area contributed by atoms with Crippen LogP contribution < -0.4 is 9.50 Å². The summed E-state index contributed by atoms with van der Waals surface area (Å²) in [6.07, 6.45) is 2.48. The number of hydrogen-bond donors (Lipinski definition) is 1. The molecule has 1 amide bonds. The summed E-state index contributed by atoms with van der Waals surface area (Å²) in [6.45, 7) is 3.83. The fraction of sp³-hybridized carbons (Fsp3) is 0.350. The predicted molar refractivity (Wildman–Crippen MR) is 115 cm³/mol. The van der Waals surface area contributed by atoms with E-state index in [1.54, 1.807) is 24.3 Å². The molecule has 8 nitrogen and oxygen atoms in total. The summed E-state index contributed by atoms with van der Waals surface area (Å²) >= 11 is 0. The fourth-order valence-corrected chi connectivity index (χ4v) is 4.64. The summed E-state index contributed by atoms with van der Waals surface area (Å²) in [5.74, 6) is -0.0729. The van der Waals surface area contributed by atoms with Crippen LogP contribution in [0.15, 0.2) is 53.4 Å². The van der Waals surface area contributed by atoms with Crippen molar-refractivity contribution in [1.82, 2.24) is 4.31 Å². The Morgan fingerprint density at radius 3 is 2.10 bits per heavy atom. The number of anilines is 1. The third kappa shape index (κ3) is 7.12. The van der Waals surface area contributed by atoms with Gasteiger partial charge in [0.25, 0.3) is 0 Å². The number of unbranched alkanes of at least 4 members (excludes halogenated alkanes) is 1. The Hall–Kier alpha value is -2.43. The van der Waals surface area contributed by atoms with Crippen LogP contribution in [0.4, 0.5) is 5.69 Å². The van der Waals surface area contributed by atoms with E-state index in [-0.39, 0.29) is 23.1 Å². The molecule has 0 atom stereocenters. The van der Waals surface area contributed by atoms with E-state index in [0.717, 1.165) is 12.7 Å². The number of nitrogens with one attached hydrogen (secondary N) is 1. The quantitative estimate of drug-likeness (QED) is 0.553. The van der Waals surface area contributed by atoms with E-state index >= 15 is 0 Å². The summed E-state index contributed by atoms with van der Waals surface area (Å²) in [4.78, 5) is 11.3. The lowest BCUT2D eigenvalue weighted by Crippen LogP contribution is -2.31. The Labute approximate surface area is 178 Å². The number of nitrogens with zero attached hydrogens (tertiary/aromatic N) is 1. The topological polar surface area (TPSA) is 110 Å². The number of hydrogen-bond acceptors (Lipinski definition) is 6. The average molecular weight is 455 g/mol. The standard InChI is InChI=1S/C20H26N2O6S2/c1-4-5-14-22(15-17-6-10-19(11-7-17)28-29(3,24)25)30(26,27)20-12-8-18(9-13-20)21-16(2)23/h6-13H,4-5,14-15H2,1-3H3,(H,21,23). The molecule has 2 aromatic carbocycles. The fourth-order valence-electron chi connectivity index (χ4n) is 2.71. The first-order valence-electron chi connectivity index (χ1n) is 9.37. The highest BCUT2D eigenvalue weighted by molar-refractivity contribution is 7.89. The number of carbonyl (C=O) groups excluding carboxylic acids is 1. The van der Waals surface area contributed by atoms with Crippen LogP contribution in [0.1, 0.15) is 32.3 Å². The van der Waals surface area contributed by atoms with E-state index in [1.807, 2.05) is 6.92 Å². The van der Waals surface area contributed by atoms with Crippen LogP contribution in [0.5, 0.6) is 5.75 Å². The summed E-state index contributed by atoms with van der Waals surface area (Å²) in [7, 11) is -7.39. The van der Waals surface area contributed by atoms with Gasteiger partial charge in [-0.15, -0.1) is 0 Å². The Morgan fingerprint density at radius 2 is 1.60 bits per heavy atom. The lowest BCUT2D eigenvalue weighted by molar-refractivity contribution is -0.114. The van der Waals surface area contributed by atoms with E-state index in [0.29, 0.717) is 24.2 Å². The van der Waals surface area contributed by atoms with Gasteiger partial charge in [0.05, 0.1) is 11.2 Å². The molecule has 10 heteroatoms. The number of sulfonamides is 1. The van der Waals surface area contributed by atoms with Crippen molar-refractivity contribution in [3.8, 4) is 5.75 Å². The van der Waals surface area contributed by atoms with Gasteiger partial charge in [-0.05, 0) is 48.4 Å². The van der Waals surface area contributed by atoms with Gasteiger partial charge in [0, 0.05) is 25.7 Å². The molecule has 0 fully saturated rings. The maximum atomic E-state index is 13.2. The van der Waals surface area contributed by atoms with Gasteiger partial charge >= 0.3 is 10.1 Å². The predicted octanol–water partition coefficient (Wildman–Crippen LogP) is 2.97. The van der Waals surface area contributed by atoms with Crippen molar-refractivity contribution in [2.24, 2.45) is 0 Å². The van der Waals surface area contributed by atoms with Gasteiger partial charge in [0.15, 0.2) is 0 Å². The minimum atomic E-state index is -3.76. The summed E-state index contributed by atoms with van der Waals surface area (Å²) < 4.78 is 55.0. The van der Waals surface area contributed by atoms with Crippen molar-refractivity contribution in [3.63, 3.8) is 0 Å². The van der Waals surface area contributed by atoms with E-state index < -0.39 is 20.1 Å². The van der Waals surface area contributed by atoms with Crippen LogP contribution in [0, 0.1) is 0 Å². The summed E-state index contributed by atoms with van der Waals surface area (Å²) in [5.41, 5.74) is 1.22. The Bertz CT molecular complexity index is 1060. The molecule has 0 spiro atoms. The molecule has 0 bridgehead atoms. The minimum absolute atomic E-state index is 0.129. The number of carbonyl (C=O) groups is 1. The van der Waals surface area contributed by atoms with Crippen molar-refractivity contribution in [3.05, 3.63) is 54.1 Å². The van der Waals surface area contributed by atoms with Gasteiger partial charge in [0.1, 0.15) is 5.75 Å². The SMILES string of the molecule is CCCCN(Cc1ccc(OS(C)(=O)=O)cc1)S(=O)(=O)c1ccc(NC(C)=O)cc1. The molecule has 2 aromatic rings. The van der Waals surface area contributed by atoms with Crippen molar-refractivity contribution in [2.45, 2.75) is 38.1 Å². The van der Waals surface area contributed by atoms with Gasteiger partial charge in [-0.25, -0.2) is 8.42 Å². The minimum Gasteiger partial charge on any atom is -0.383 e. The highest BCUT2D eigenvalue weighted by Crippen LogP contribution is 2.22. The molecular formula is C20H26N2O6S2. The van der Waals surface area contributed by atoms with E-state index in [2.05, 4.69) is 5.32 Å². The molecule has 0 heterocycles. The maximum Gasteiger partial charge on any atom is 0.306 e. The zero-order valence-corrected chi connectivity index (χ0v) is 18.8. The molecule has 2 rings (SSSR count). The zero-order chi connectivity index (χ0) is 22.4. The molecule has 0 aliphatic carbocycles. The van der Waals surface area contributed by atoms with Crippen LogP contribution in [0.25, 0.3) is 0 Å². The van der Waals surface area contributed by atoms with E-state index in [9.17, 15) is 21.6 Å². The largest absolute Gasteiger partial charge is 0.383 e. The van der Waals surface area contributed by atoms with Gasteiger partial charge in [-0.1, -0.05) is 25.5 Å². The molecule has 0 radical (unpaired) electrons. The van der Waals surface area contributed by atoms with Crippen LogP contribution in [-0.4, -0.2) is 39.8 Å². The molecule has 0 unspecified atom stereocenters. The lowest BCUT2D eigenvalue weighted by atomic mass is 10.2. The molecule has 164 valence electrons. The third-order valence-electron chi connectivity index (χ3n) is 4.10. The highest BCUT2D eigenvalue weighted by atomic mass is 32.2. The first-order chi connectivity index (χ1) is 14.0. The Morgan fingerprint density at radius 1 is 1.00 bits per heavy atom. The highest BCUT2D eigenvalue weighted by Gasteiger charge is 2.24. The second-order valence-electron chi connectivity index (χ2n) is 6.83. The van der Waals surface area contributed by atoms with Gasteiger partial charge in [0.2, 0.25) is 15.9 Å². The smallest absolute Gasteiger partial charge is 0.306 e. The number of benzene rings is 2. The molecular weight excluding hydrogens is 428 g/mol. The third-order valence-corrected chi connectivity index (χ3v) is 6.46. The van der Waals surface area contributed by atoms with Crippen LogP contribution >= 0.6 is 0 Å². The average Bonchev–Trinajstić information content (AvgIpc) is 2.65. The molecule has 1 N–H and O–H groups in total. The van der Waals surface area contributed by atoms with Gasteiger partial charge in [-0.3, -0.25) is 4.79 Å². The zero-order valence-electron chi connectivity index (χ0n) is 17.2. The van der Waals surface area contributed by atoms with Crippen molar-refractivity contribution in [1.29, 1.82) is 0 Å². The van der Waals surface area contributed by atoms with E-state index in [1.165, 1.54) is 35.5 Å². The molecule has 0 aliphatic rings. The molecule has 0 aliphatic heterocycles. The number of rotatable bonds is 10. The van der Waals surface area contributed by atoms with Gasteiger partial charge in [-0.2, -0.15) is 12.7 Å². The monoisotopic (exact) mass is 454 g/mol. The second kappa shape index (κ2) is 10.1. The lowest BCUT2D eigenvalue weighted by Gasteiger charge is -2.22. The molecule has 0 aromatic heterocycles. The van der Waals surface area contributed by atoms with Crippen molar-refractivity contribution in [2.75, 3.05) is 18.1 Å². The van der Waals surface area contributed by atoms with Crippen LogP contribution in [0.3, 0.4) is 0 Å². The van der Waals surface area contributed by atoms with E-state index in [4.69, 9.17) is 4.18 Å². The number of amides is 1. The first-order valence-corrected chi connectivity index (χ1v) is 12.6.